The van der Waals surface area contributed by atoms with Gasteiger partial charge in [0.1, 0.15) is 0 Å². The molecule has 1 fully saturated rings. The maximum absolute atomic E-state index is 11.7. The fourth-order valence-corrected chi connectivity index (χ4v) is 3.25. The molecule has 3 rings (SSSR count). The van der Waals surface area contributed by atoms with Crippen molar-refractivity contribution < 1.29 is 4.79 Å². The van der Waals surface area contributed by atoms with E-state index in [1.807, 2.05) is 13.0 Å². The van der Waals surface area contributed by atoms with E-state index in [0.717, 1.165) is 12.8 Å². The number of amides is 1. The molecule has 0 bridgehead atoms. The molecule has 1 N–H and O–H groups in total. The van der Waals surface area contributed by atoms with E-state index in [0.29, 0.717) is 0 Å². The average molecular weight is 279 g/mol. The molecule has 2 aromatic carbocycles. The maximum Gasteiger partial charge on any atom is 0.223 e. The van der Waals surface area contributed by atoms with Crippen molar-refractivity contribution in [3.05, 3.63) is 60.2 Å². The Kier molecular flexibility index (Phi) is 3.54. The third-order valence-electron chi connectivity index (χ3n) is 4.28. The summed E-state index contributed by atoms with van der Waals surface area (Å²) in [5.74, 6) is 0.303. The Morgan fingerprint density at radius 1 is 1.05 bits per heavy atom. The van der Waals surface area contributed by atoms with Crippen LogP contribution in [0.2, 0.25) is 0 Å². The van der Waals surface area contributed by atoms with E-state index in [1.165, 1.54) is 16.7 Å². The van der Waals surface area contributed by atoms with Gasteiger partial charge in [0.15, 0.2) is 0 Å². The molecule has 0 radical (unpaired) electrons. The van der Waals surface area contributed by atoms with Crippen molar-refractivity contribution in [1.82, 2.24) is 5.32 Å². The van der Waals surface area contributed by atoms with Gasteiger partial charge in [0.2, 0.25) is 5.91 Å². The summed E-state index contributed by atoms with van der Waals surface area (Å²) in [6.45, 7) is 4.14. The van der Waals surface area contributed by atoms with Crippen LogP contribution in [-0.4, -0.2) is 11.4 Å². The largest absolute Gasteiger partial charge is 0.350 e. The molecule has 1 aliphatic rings. The molecule has 0 saturated carbocycles. The van der Waals surface area contributed by atoms with Crippen LogP contribution in [0.15, 0.2) is 54.6 Å². The highest BCUT2D eigenvalue weighted by atomic mass is 16.2. The van der Waals surface area contributed by atoms with Gasteiger partial charge in [-0.3, -0.25) is 4.79 Å². The van der Waals surface area contributed by atoms with Gasteiger partial charge in [0.25, 0.3) is 0 Å². The molecule has 1 heterocycles. The van der Waals surface area contributed by atoms with Gasteiger partial charge in [-0.05, 0) is 36.5 Å². The van der Waals surface area contributed by atoms with Crippen LogP contribution in [-0.2, 0) is 11.2 Å². The van der Waals surface area contributed by atoms with Crippen LogP contribution < -0.4 is 5.32 Å². The molecule has 2 heteroatoms. The van der Waals surface area contributed by atoms with Crippen molar-refractivity contribution in [3.8, 4) is 11.1 Å². The Morgan fingerprint density at radius 2 is 1.67 bits per heavy atom. The second-order valence-electron chi connectivity index (χ2n) is 6.39. The fraction of sp³-hybridized carbons (Fsp3) is 0.316. The predicted molar refractivity (Wildman–Crippen MR) is 85.9 cm³/mol. The van der Waals surface area contributed by atoms with Gasteiger partial charge >= 0.3 is 0 Å². The first-order valence-electron chi connectivity index (χ1n) is 7.52. The molecule has 1 amide bonds. The van der Waals surface area contributed by atoms with E-state index in [2.05, 4.69) is 60.8 Å². The zero-order valence-corrected chi connectivity index (χ0v) is 12.6. The number of rotatable bonds is 3. The maximum atomic E-state index is 11.7. The van der Waals surface area contributed by atoms with E-state index in [4.69, 9.17) is 0 Å². The molecule has 2 atom stereocenters. The quantitative estimate of drug-likeness (QED) is 0.909. The number of nitrogens with one attached hydrogen (secondary N) is 1. The molecule has 21 heavy (non-hydrogen) atoms. The minimum atomic E-state index is -0.106. The van der Waals surface area contributed by atoms with E-state index >= 15 is 0 Å². The summed E-state index contributed by atoms with van der Waals surface area (Å²) < 4.78 is 0. The van der Waals surface area contributed by atoms with Crippen LogP contribution in [0.1, 0.15) is 25.8 Å². The zero-order valence-electron chi connectivity index (χ0n) is 12.6. The van der Waals surface area contributed by atoms with Gasteiger partial charge in [-0.15, -0.1) is 0 Å². The van der Waals surface area contributed by atoms with Gasteiger partial charge in [-0.25, -0.2) is 0 Å². The summed E-state index contributed by atoms with van der Waals surface area (Å²) in [5.41, 5.74) is 3.63. The van der Waals surface area contributed by atoms with Gasteiger partial charge in [0.05, 0.1) is 0 Å². The second-order valence-corrected chi connectivity index (χ2v) is 6.39. The lowest BCUT2D eigenvalue weighted by Gasteiger charge is -2.24. The third-order valence-corrected chi connectivity index (χ3v) is 4.28. The van der Waals surface area contributed by atoms with Crippen LogP contribution in [0.5, 0.6) is 0 Å². The average Bonchev–Trinajstić information content (AvgIpc) is 2.73. The van der Waals surface area contributed by atoms with E-state index in [1.54, 1.807) is 0 Å². The lowest BCUT2D eigenvalue weighted by atomic mass is 9.88. The van der Waals surface area contributed by atoms with Crippen molar-refractivity contribution in [2.45, 2.75) is 32.2 Å². The van der Waals surface area contributed by atoms with Crippen molar-refractivity contribution in [2.75, 3.05) is 0 Å². The van der Waals surface area contributed by atoms with Gasteiger partial charge in [-0.2, -0.15) is 0 Å². The molecular formula is C19H21NO. The molecule has 1 saturated heterocycles. The summed E-state index contributed by atoms with van der Waals surface area (Å²) in [4.78, 5) is 11.7. The molecule has 2 aromatic rings. The Bertz CT molecular complexity index is 632. The number of carbonyl (C=O) groups is 1. The summed E-state index contributed by atoms with van der Waals surface area (Å²) in [7, 11) is 0. The summed E-state index contributed by atoms with van der Waals surface area (Å²) in [6, 6.07) is 19.0. The summed E-state index contributed by atoms with van der Waals surface area (Å²) in [5, 5.41) is 3.14. The van der Waals surface area contributed by atoms with Crippen LogP contribution in [0.4, 0.5) is 0 Å². The molecule has 0 aliphatic carbocycles. The smallest absolute Gasteiger partial charge is 0.223 e. The Balaban J connectivity index is 1.75. The highest BCUT2D eigenvalue weighted by Crippen LogP contribution is 2.29. The van der Waals surface area contributed by atoms with E-state index in [-0.39, 0.29) is 17.4 Å². The number of benzene rings is 2. The van der Waals surface area contributed by atoms with Crippen molar-refractivity contribution >= 4 is 5.91 Å². The Morgan fingerprint density at radius 3 is 2.24 bits per heavy atom. The van der Waals surface area contributed by atoms with Gasteiger partial charge < -0.3 is 5.32 Å². The third kappa shape index (κ3) is 2.99. The number of hydrogen-bond acceptors (Lipinski definition) is 1. The van der Waals surface area contributed by atoms with Crippen LogP contribution in [0.3, 0.4) is 0 Å². The Hall–Kier alpha value is -2.09. The second kappa shape index (κ2) is 5.36. The first-order chi connectivity index (χ1) is 10.1. The highest BCUT2D eigenvalue weighted by molar-refractivity contribution is 5.81. The minimum Gasteiger partial charge on any atom is -0.350 e. The van der Waals surface area contributed by atoms with E-state index in [9.17, 15) is 4.79 Å². The van der Waals surface area contributed by atoms with Gasteiger partial charge in [-0.1, -0.05) is 61.5 Å². The molecule has 0 spiro atoms. The minimum absolute atomic E-state index is 0.106. The van der Waals surface area contributed by atoms with Crippen molar-refractivity contribution in [3.63, 3.8) is 0 Å². The standard InChI is InChI=1S/C19H21NO/c1-14-12-19(2,20-18(14)21)13-15-8-10-17(11-9-15)16-6-4-3-5-7-16/h3-11,14H,12-13H2,1-2H3,(H,20,21)/t14-,19-/m1/s1. The van der Waals surface area contributed by atoms with E-state index < -0.39 is 0 Å². The number of carbonyl (C=O) groups excluding carboxylic acids is 1. The molecule has 2 nitrogen and oxygen atoms in total. The van der Waals surface area contributed by atoms with Crippen LogP contribution in [0, 0.1) is 5.92 Å². The lowest BCUT2D eigenvalue weighted by molar-refractivity contribution is -0.122. The normalized spacial score (nSPS) is 24.9. The Labute approximate surface area is 126 Å². The predicted octanol–water partition coefficient (Wildman–Crippen LogP) is 3.81. The fourth-order valence-electron chi connectivity index (χ4n) is 3.25. The topological polar surface area (TPSA) is 29.1 Å². The first kappa shape index (κ1) is 13.9. The highest BCUT2D eigenvalue weighted by Gasteiger charge is 2.38. The molecule has 1 aliphatic heterocycles. The first-order valence-corrected chi connectivity index (χ1v) is 7.52. The zero-order chi connectivity index (χ0) is 14.9. The molecule has 108 valence electrons. The van der Waals surface area contributed by atoms with Crippen LogP contribution in [0.25, 0.3) is 11.1 Å². The van der Waals surface area contributed by atoms with Crippen molar-refractivity contribution in [1.29, 1.82) is 0 Å². The monoisotopic (exact) mass is 279 g/mol. The molecule has 0 aromatic heterocycles. The van der Waals surface area contributed by atoms with Crippen molar-refractivity contribution in [2.24, 2.45) is 5.92 Å². The lowest BCUT2D eigenvalue weighted by Crippen LogP contribution is -2.40. The van der Waals surface area contributed by atoms with Crippen LogP contribution >= 0.6 is 0 Å². The van der Waals surface area contributed by atoms with Gasteiger partial charge in [0, 0.05) is 11.5 Å². The number of hydrogen-bond donors (Lipinski definition) is 1. The molecular weight excluding hydrogens is 258 g/mol. The SMILES string of the molecule is C[C@@H]1C[C@](C)(Cc2ccc(-c3ccccc3)cc2)NC1=O. The summed E-state index contributed by atoms with van der Waals surface area (Å²) >= 11 is 0. The summed E-state index contributed by atoms with van der Waals surface area (Å²) in [6.07, 6.45) is 1.80. The molecule has 0 unspecified atom stereocenters.